The third kappa shape index (κ3) is 4.92. The Morgan fingerprint density at radius 1 is 1.25 bits per heavy atom. The molecule has 4 nitrogen and oxygen atoms in total. The number of hydrogen-bond acceptors (Lipinski definition) is 4. The largest absolute Gasteiger partial charge is 0.464 e. The number of rotatable bonds is 9. The molecule has 0 aliphatic heterocycles. The van der Waals surface area contributed by atoms with Crippen LogP contribution in [0.1, 0.15) is 44.6 Å². The molecule has 1 aromatic rings. The van der Waals surface area contributed by atoms with Crippen molar-refractivity contribution >= 4 is 5.97 Å². The number of aliphatic hydroxyl groups excluding tert-OH is 1. The lowest BCUT2D eigenvalue weighted by Gasteiger charge is -2.24. The van der Waals surface area contributed by atoms with Crippen LogP contribution in [0.3, 0.4) is 0 Å². The number of hydrogen-bond donors (Lipinski definition) is 1. The van der Waals surface area contributed by atoms with Gasteiger partial charge in [0.05, 0.1) is 6.10 Å². The molecule has 0 heterocycles. The summed E-state index contributed by atoms with van der Waals surface area (Å²) < 4.78 is 5.51. The second-order valence-corrected chi connectivity index (χ2v) is 6.20. The Morgan fingerprint density at radius 2 is 1.96 bits per heavy atom. The van der Waals surface area contributed by atoms with Gasteiger partial charge in [0, 0.05) is 6.54 Å². The van der Waals surface area contributed by atoms with Gasteiger partial charge in [-0.25, -0.2) is 0 Å². The number of nitrogens with zero attached hydrogens (tertiary/aromatic N) is 1. The summed E-state index contributed by atoms with van der Waals surface area (Å²) in [5.74, 6) is -0.985. The highest BCUT2D eigenvalue weighted by atomic mass is 16.5. The number of likely N-dealkylation sites (N-methyl/N-ethyl adjacent to an activating group) is 1. The number of aliphatic hydroxyl groups is 1. The molecule has 0 spiro atoms. The van der Waals surface area contributed by atoms with E-state index in [-0.39, 0.29) is 5.97 Å². The van der Waals surface area contributed by atoms with Gasteiger partial charge in [-0.1, -0.05) is 50.3 Å². The van der Waals surface area contributed by atoms with Gasteiger partial charge in [0.15, 0.2) is 0 Å². The average Bonchev–Trinajstić information content (AvgIpc) is 3.14. The molecule has 0 aromatic heterocycles. The molecule has 0 unspecified atom stereocenters. The summed E-state index contributed by atoms with van der Waals surface area (Å²) in [6, 6.07) is 9.46. The van der Waals surface area contributed by atoms with E-state index < -0.39 is 12.0 Å². The summed E-state index contributed by atoms with van der Waals surface area (Å²) in [6.45, 7) is 7.13. The molecule has 24 heavy (non-hydrogen) atoms. The van der Waals surface area contributed by atoms with Gasteiger partial charge in [0.25, 0.3) is 0 Å². The molecule has 0 amide bonds. The maximum absolute atomic E-state index is 12.7. The number of allylic oxidation sites excluding steroid dienone is 1. The lowest BCUT2D eigenvalue weighted by molar-refractivity contribution is -0.148. The van der Waals surface area contributed by atoms with Gasteiger partial charge >= 0.3 is 5.97 Å². The van der Waals surface area contributed by atoms with Crippen LogP contribution in [-0.2, 0) is 9.53 Å². The smallest absolute Gasteiger partial charge is 0.316 e. The lowest BCUT2D eigenvalue weighted by Crippen LogP contribution is -2.32. The van der Waals surface area contributed by atoms with Crippen LogP contribution in [0.5, 0.6) is 0 Å². The van der Waals surface area contributed by atoms with Crippen molar-refractivity contribution in [2.45, 2.75) is 45.1 Å². The maximum Gasteiger partial charge on any atom is 0.316 e. The van der Waals surface area contributed by atoms with E-state index in [9.17, 15) is 9.90 Å². The first kappa shape index (κ1) is 18.7. The maximum atomic E-state index is 12.7. The fourth-order valence-electron chi connectivity index (χ4n) is 3.19. The monoisotopic (exact) mass is 331 g/mol. The van der Waals surface area contributed by atoms with E-state index in [0.29, 0.717) is 6.61 Å². The van der Waals surface area contributed by atoms with Crippen LogP contribution in [0.2, 0.25) is 0 Å². The van der Waals surface area contributed by atoms with Gasteiger partial charge in [-0.3, -0.25) is 4.79 Å². The normalized spacial score (nSPS) is 16.8. The summed E-state index contributed by atoms with van der Waals surface area (Å²) >= 11 is 0. The highest BCUT2D eigenvalue weighted by Gasteiger charge is 2.33. The summed E-state index contributed by atoms with van der Waals surface area (Å²) in [5.41, 5.74) is 1.77. The molecule has 1 aliphatic carbocycles. The van der Waals surface area contributed by atoms with Crippen molar-refractivity contribution in [2.24, 2.45) is 0 Å². The van der Waals surface area contributed by atoms with Crippen molar-refractivity contribution in [1.82, 2.24) is 4.90 Å². The highest BCUT2D eigenvalue weighted by Crippen LogP contribution is 2.31. The Labute approximate surface area is 145 Å². The molecule has 0 fully saturated rings. The first-order chi connectivity index (χ1) is 11.7. The quantitative estimate of drug-likeness (QED) is 0.558. The Bertz CT molecular complexity index is 537. The molecule has 1 N–H and O–H groups in total. The van der Waals surface area contributed by atoms with E-state index in [2.05, 4.69) is 24.8 Å². The van der Waals surface area contributed by atoms with Crippen molar-refractivity contribution < 1.29 is 14.6 Å². The molecule has 0 bridgehead atoms. The van der Waals surface area contributed by atoms with Crippen molar-refractivity contribution in [3.63, 3.8) is 0 Å². The van der Waals surface area contributed by atoms with Crippen LogP contribution < -0.4 is 0 Å². The Kier molecular flexibility index (Phi) is 7.47. The first-order valence-electron chi connectivity index (χ1n) is 8.98. The van der Waals surface area contributed by atoms with E-state index in [0.717, 1.165) is 50.0 Å². The zero-order valence-electron chi connectivity index (χ0n) is 14.8. The fraction of sp³-hybridized carbons (Fsp3) is 0.550. The summed E-state index contributed by atoms with van der Waals surface area (Å²) in [4.78, 5) is 14.9. The van der Waals surface area contributed by atoms with Crippen LogP contribution >= 0.6 is 0 Å². The Morgan fingerprint density at radius 3 is 2.54 bits per heavy atom. The number of ether oxygens (including phenoxy) is 1. The van der Waals surface area contributed by atoms with E-state index in [1.165, 1.54) is 0 Å². The van der Waals surface area contributed by atoms with Gasteiger partial charge in [-0.2, -0.15) is 0 Å². The predicted octanol–water partition coefficient (Wildman–Crippen LogP) is 3.13. The van der Waals surface area contributed by atoms with Crippen LogP contribution in [0.15, 0.2) is 42.0 Å². The van der Waals surface area contributed by atoms with Gasteiger partial charge in [-0.15, -0.1) is 0 Å². The lowest BCUT2D eigenvalue weighted by atomic mass is 9.88. The van der Waals surface area contributed by atoms with Gasteiger partial charge < -0.3 is 14.7 Å². The molecule has 0 saturated carbocycles. The minimum Gasteiger partial charge on any atom is -0.464 e. The molecule has 0 saturated heterocycles. The molecular weight excluding hydrogens is 302 g/mol. The van der Waals surface area contributed by atoms with Gasteiger partial charge in [-0.05, 0) is 43.5 Å². The van der Waals surface area contributed by atoms with Crippen molar-refractivity contribution in [2.75, 3.05) is 26.2 Å². The van der Waals surface area contributed by atoms with E-state index in [1.54, 1.807) is 0 Å². The molecule has 4 heteroatoms. The third-order valence-electron chi connectivity index (χ3n) is 4.73. The topological polar surface area (TPSA) is 49.8 Å². The molecular formula is C20H29NO3. The zero-order chi connectivity index (χ0) is 17.4. The molecule has 2 rings (SSSR count). The van der Waals surface area contributed by atoms with Crippen molar-refractivity contribution in [3.8, 4) is 0 Å². The molecule has 1 aromatic carbocycles. The van der Waals surface area contributed by atoms with E-state index in [4.69, 9.17) is 4.74 Å². The van der Waals surface area contributed by atoms with Gasteiger partial charge in [0.1, 0.15) is 12.5 Å². The number of benzene rings is 1. The zero-order valence-corrected chi connectivity index (χ0v) is 14.8. The summed E-state index contributed by atoms with van der Waals surface area (Å²) in [7, 11) is 0. The number of carbonyl (C=O) groups is 1. The standard InChI is InChI=1S/C20H29NO3/c1-3-21(4-2)14-15-24-20(23)18(16-10-6-5-7-11-16)19(22)17-12-8-9-13-17/h5-7,10-12,18-19,22H,3-4,8-9,13-15H2,1-2H3/t18-,19+/m0/s1. The minimum atomic E-state index is -0.796. The fourth-order valence-corrected chi connectivity index (χ4v) is 3.19. The SMILES string of the molecule is CCN(CC)CCOC(=O)[C@@H](c1ccccc1)[C@H](O)C1=CCCC1. The van der Waals surface area contributed by atoms with Gasteiger partial charge in [0.2, 0.25) is 0 Å². The number of carbonyl (C=O) groups excluding carboxylic acids is 1. The Balaban J connectivity index is 2.06. The molecule has 132 valence electrons. The summed E-state index contributed by atoms with van der Waals surface area (Å²) in [6.07, 6.45) is 4.15. The van der Waals surface area contributed by atoms with Crippen LogP contribution in [-0.4, -0.2) is 48.3 Å². The second kappa shape index (κ2) is 9.60. The first-order valence-corrected chi connectivity index (χ1v) is 8.98. The predicted molar refractivity (Wildman–Crippen MR) is 95.9 cm³/mol. The van der Waals surface area contributed by atoms with Crippen LogP contribution in [0.25, 0.3) is 0 Å². The van der Waals surface area contributed by atoms with Crippen molar-refractivity contribution in [3.05, 3.63) is 47.5 Å². The average molecular weight is 331 g/mol. The molecule has 1 aliphatic rings. The van der Waals surface area contributed by atoms with Crippen LogP contribution in [0.4, 0.5) is 0 Å². The highest BCUT2D eigenvalue weighted by molar-refractivity contribution is 5.79. The third-order valence-corrected chi connectivity index (χ3v) is 4.73. The molecule has 2 atom stereocenters. The molecule has 0 radical (unpaired) electrons. The number of esters is 1. The second-order valence-electron chi connectivity index (χ2n) is 6.20. The van der Waals surface area contributed by atoms with Crippen LogP contribution in [0, 0.1) is 0 Å². The Hall–Kier alpha value is -1.65. The summed E-state index contributed by atoms with van der Waals surface area (Å²) in [5, 5.41) is 10.8. The van der Waals surface area contributed by atoms with Crippen molar-refractivity contribution in [1.29, 1.82) is 0 Å². The minimum absolute atomic E-state index is 0.339. The van der Waals surface area contributed by atoms with E-state index >= 15 is 0 Å². The van der Waals surface area contributed by atoms with E-state index in [1.807, 2.05) is 30.3 Å².